The number of hydrogen-bond donors (Lipinski definition) is 1. The number of nitrogens with one attached hydrogen (secondary N) is 1. The topological polar surface area (TPSA) is 71.5 Å². The second-order valence-corrected chi connectivity index (χ2v) is 6.62. The molecule has 1 aliphatic heterocycles. The highest BCUT2D eigenvalue weighted by atomic mass is 35.5. The summed E-state index contributed by atoms with van der Waals surface area (Å²) in [5.41, 5.74) is -0.585. The van der Waals surface area contributed by atoms with Gasteiger partial charge in [0.2, 0.25) is 5.91 Å². The van der Waals surface area contributed by atoms with Gasteiger partial charge in [-0.3, -0.25) is 9.69 Å². The van der Waals surface area contributed by atoms with E-state index in [9.17, 15) is 9.59 Å². The maximum absolute atomic E-state index is 12.3. The number of carbonyl (C=O) groups excluding carboxylic acids is 2. The van der Waals surface area contributed by atoms with E-state index in [4.69, 9.17) is 16.3 Å². The molecule has 7 heteroatoms. The normalized spacial score (nSPS) is 18.2. The standard InChI is InChI=1S/C15H20ClN3O3/c1-15(2,3)22-14(21)19-8-4-5-11(19)13(20)18-12-7-6-10(16)9-17-12/h6-7,9,11H,4-5,8H2,1-3H3,(H,17,18,20). The molecule has 6 nitrogen and oxygen atoms in total. The molecule has 22 heavy (non-hydrogen) atoms. The zero-order chi connectivity index (χ0) is 16.3. The van der Waals surface area contributed by atoms with Crippen LogP contribution in [0.5, 0.6) is 0 Å². The molecule has 0 aliphatic carbocycles. The highest BCUT2D eigenvalue weighted by Crippen LogP contribution is 2.22. The molecule has 1 saturated heterocycles. The van der Waals surface area contributed by atoms with Gasteiger partial charge in [0, 0.05) is 12.7 Å². The average molecular weight is 326 g/mol. The van der Waals surface area contributed by atoms with Crippen LogP contribution >= 0.6 is 11.6 Å². The third-order valence-electron chi connectivity index (χ3n) is 3.16. The Morgan fingerprint density at radius 1 is 1.41 bits per heavy atom. The minimum Gasteiger partial charge on any atom is -0.444 e. The van der Waals surface area contributed by atoms with E-state index in [1.165, 1.54) is 11.1 Å². The van der Waals surface area contributed by atoms with Gasteiger partial charge in [-0.2, -0.15) is 0 Å². The highest BCUT2D eigenvalue weighted by Gasteiger charge is 2.36. The number of nitrogens with zero attached hydrogens (tertiary/aromatic N) is 2. The molecule has 2 rings (SSSR count). The SMILES string of the molecule is CC(C)(C)OC(=O)N1CCCC1C(=O)Nc1ccc(Cl)cn1. The van der Waals surface area contributed by atoms with Crippen LogP contribution in [-0.2, 0) is 9.53 Å². The van der Waals surface area contributed by atoms with Crippen LogP contribution in [0.4, 0.5) is 10.6 Å². The lowest BCUT2D eigenvalue weighted by atomic mass is 10.2. The van der Waals surface area contributed by atoms with Gasteiger partial charge in [-0.25, -0.2) is 9.78 Å². The number of aromatic nitrogens is 1. The number of ether oxygens (including phenoxy) is 1. The maximum Gasteiger partial charge on any atom is 0.410 e. The van der Waals surface area contributed by atoms with E-state index >= 15 is 0 Å². The number of amides is 2. The van der Waals surface area contributed by atoms with Crippen molar-refractivity contribution in [1.29, 1.82) is 0 Å². The van der Waals surface area contributed by atoms with Crippen LogP contribution in [0.25, 0.3) is 0 Å². The predicted molar refractivity (Wildman–Crippen MR) is 83.8 cm³/mol. The van der Waals surface area contributed by atoms with E-state index in [2.05, 4.69) is 10.3 Å². The number of rotatable bonds is 2. The summed E-state index contributed by atoms with van der Waals surface area (Å²) in [6, 6.07) is 2.73. The first kappa shape index (κ1) is 16.5. The van der Waals surface area contributed by atoms with Gasteiger partial charge in [0.1, 0.15) is 17.5 Å². The summed E-state index contributed by atoms with van der Waals surface area (Å²) in [4.78, 5) is 30.0. The molecule has 1 aromatic rings. The van der Waals surface area contributed by atoms with Gasteiger partial charge in [0.15, 0.2) is 0 Å². The Labute approximate surface area is 134 Å². The Kier molecular flexibility index (Phi) is 4.90. The van der Waals surface area contributed by atoms with Crippen LogP contribution < -0.4 is 5.32 Å². The Hall–Kier alpha value is -1.82. The van der Waals surface area contributed by atoms with Crippen molar-refractivity contribution in [3.63, 3.8) is 0 Å². The fourth-order valence-corrected chi connectivity index (χ4v) is 2.35. The van der Waals surface area contributed by atoms with Gasteiger partial charge < -0.3 is 10.1 Å². The lowest BCUT2D eigenvalue weighted by Gasteiger charge is -2.27. The van der Waals surface area contributed by atoms with Crippen LogP contribution in [0.15, 0.2) is 18.3 Å². The first-order valence-corrected chi connectivity index (χ1v) is 7.56. The summed E-state index contributed by atoms with van der Waals surface area (Å²) in [5.74, 6) is 0.142. The van der Waals surface area contributed by atoms with E-state index < -0.39 is 17.7 Å². The van der Waals surface area contributed by atoms with E-state index in [1.54, 1.807) is 32.9 Å². The Morgan fingerprint density at radius 3 is 2.73 bits per heavy atom. The number of anilines is 1. The molecule has 1 aliphatic rings. The molecule has 0 aromatic carbocycles. The third kappa shape index (κ3) is 4.34. The fourth-order valence-electron chi connectivity index (χ4n) is 2.24. The molecule has 120 valence electrons. The molecular formula is C15H20ClN3O3. The second-order valence-electron chi connectivity index (χ2n) is 6.18. The van der Waals surface area contributed by atoms with Crippen molar-refractivity contribution in [2.75, 3.05) is 11.9 Å². The van der Waals surface area contributed by atoms with Crippen molar-refractivity contribution < 1.29 is 14.3 Å². The summed E-state index contributed by atoms with van der Waals surface area (Å²) < 4.78 is 5.34. The molecule has 1 N–H and O–H groups in total. The molecule has 1 fully saturated rings. The summed E-state index contributed by atoms with van der Waals surface area (Å²) in [6.07, 6.45) is 2.37. The molecule has 2 amide bonds. The summed E-state index contributed by atoms with van der Waals surface area (Å²) in [5, 5.41) is 3.20. The first-order valence-electron chi connectivity index (χ1n) is 7.18. The number of likely N-dealkylation sites (tertiary alicyclic amines) is 1. The smallest absolute Gasteiger partial charge is 0.410 e. The monoisotopic (exact) mass is 325 g/mol. The van der Waals surface area contributed by atoms with Crippen molar-refractivity contribution in [3.05, 3.63) is 23.4 Å². The van der Waals surface area contributed by atoms with E-state index in [0.717, 1.165) is 6.42 Å². The summed E-state index contributed by atoms with van der Waals surface area (Å²) in [7, 11) is 0. The maximum atomic E-state index is 12.3. The van der Waals surface area contributed by atoms with E-state index in [0.29, 0.717) is 23.8 Å². The van der Waals surface area contributed by atoms with Gasteiger partial charge in [-0.05, 0) is 45.7 Å². The minimum atomic E-state index is -0.585. The zero-order valence-corrected chi connectivity index (χ0v) is 13.7. The largest absolute Gasteiger partial charge is 0.444 e. The number of halogens is 1. The van der Waals surface area contributed by atoms with Crippen LogP contribution in [0.3, 0.4) is 0 Å². The van der Waals surface area contributed by atoms with Gasteiger partial charge in [0.05, 0.1) is 5.02 Å². The quantitative estimate of drug-likeness (QED) is 0.907. The second kappa shape index (κ2) is 6.52. The molecule has 1 aromatic heterocycles. The number of hydrogen-bond acceptors (Lipinski definition) is 4. The van der Waals surface area contributed by atoms with E-state index in [1.807, 2.05) is 0 Å². The number of carbonyl (C=O) groups is 2. The van der Waals surface area contributed by atoms with E-state index in [-0.39, 0.29) is 5.91 Å². The molecule has 0 radical (unpaired) electrons. The van der Waals surface area contributed by atoms with Crippen LogP contribution in [0.1, 0.15) is 33.6 Å². The van der Waals surface area contributed by atoms with Crippen molar-refractivity contribution in [2.24, 2.45) is 0 Å². The Balaban J connectivity index is 2.01. The Bertz CT molecular complexity index is 554. The van der Waals surface area contributed by atoms with Crippen molar-refractivity contribution in [2.45, 2.75) is 45.3 Å². The number of pyridine rings is 1. The lowest BCUT2D eigenvalue weighted by molar-refractivity contribution is -0.120. The van der Waals surface area contributed by atoms with Crippen molar-refractivity contribution in [1.82, 2.24) is 9.88 Å². The van der Waals surface area contributed by atoms with Crippen LogP contribution in [0.2, 0.25) is 5.02 Å². The highest BCUT2D eigenvalue weighted by molar-refractivity contribution is 6.30. The first-order chi connectivity index (χ1) is 10.3. The Morgan fingerprint density at radius 2 is 2.14 bits per heavy atom. The van der Waals surface area contributed by atoms with Gasteiger partial charge >= 0.3 is 6.09 Å². The average Bonchev–Trinajstić information content (AvgIpc) is 2.89. The minimum absolute atomic E-state index is 0.266. The molecule has 0 spiro atoms. The van der Waals surface area contributed by atoms with Gasteiger partial charge in [0.25, 0.3) is 0 Å². The van der Waals surface area contributed by atoms with Crippen molar-refractivity contribution in [3.8, 4) is 0 Å². The van der Waals surface area contributed by atoms with Crippen LogP contribution in [-0.4, -0.2) is 40.1 Å². The fraction of sp³-hybridized carbons (Fsp3) is 0.533. The third-order valence-corrected chi connectivity index (χ3v) is 3.39. The molecule has 0 saturated carbocycles. The molecular weight excluding hydrogens is 306 g/mol. The van der Waals surface area contributed by atoms with Crippen LogP contribution in [0, 0.1) is 0 Å². The summed E-state index contributed by atoms with van der Waals surface area (Å²) in [6.45, 7) is 5.91. The molecule has 1 unspecified atom stereocenters. The molecule has 0 bridgehead atoms. The van der Waals surface area contributed by atoms with Crippen molar-refractivity contribution >= 4 is 29.4 Å². The molecule has 2 heterocycles. The molecule has 1 atom stereocenters. The predicted octanol–water partition coefficient (Wildman–Crippen LogP) is 3.07. The van der Waals surface area contributed by atoms with Gasteiger partial charge in [-0.15, -0.1) is 0 Å². The van der Waals surface area contributed by atoms with Gasteiger partial charge in [-0.1, -0.05) is 11.6 Å². The lowest BCUT2D eigenvalue weighted by Crippen LogP contribution is -2.45. The summed E-state index contributed by atoms with van der Waals surface area (Å²) >= 11 is 5.76. The zero-order valence-electron chi connectivity index (χ0n) is 12.9.